The Labute approximate surface area is 140 Å². The molecule has 140 valence electrons. The quantitative estimate of drug-likeness (QED) is 0.423. The predicted molar refractivity (Wildman–Crippen MR) is 92.0 cm³/mol. The van der Waals surface area contributed by atoms with Gasteiger partial charge in [0.15, 0.2) is 9.84 Å². The molecule has 0 aromatic carbocycles. The summed E-state index contributed by atoms with van der Waals surface area (Å²) in [7, 11) is -10.4. The molecule has 0 bridgehead atoms. The van der Waals surface area contributed by atoms with Gasteiger partial charge in [-0.15, -0.1) is 0 Å². The van der Waals surface area contributed by atoms with Crippen LogP contribution >= 0.6 is 0 Å². The molecule has 0 rings (SSSR count). The van der Waals surface area contributed by atoms with Crippen LogP contribution in [-0.4, -0.2) is 61.4 Å². The number of hydrogen-bond donors (Lipinski definition) is 2. The van der Waals surface area contributed by atoms with Crippen molar-refractivity contribution in [2.45, 2.75) is 39.5 Å². The van der Waals surface area contributed by atoms with Crippen LogP contribution in [0.25, 0.3) is 0 Å². The minimum absolute atomic E-state index is 0.0270. The van der Waals surface area contributed by atoms with Crippen LogP contribution in [0.15, 0.2) is 0 Å². The highest BCUT2D eigenvalue weighted by Gasteiger charge is 2.16. The molecule has 0 spiro atoms. The molecule has 23 heavy (non-hydrogen) atoms. The van der Waals surface area contributed by atoms with Crippen LogP contribution in [-0.2, 0) is 29.9 Å². The highest BCUT2D eigenvalue weighted by atomic mass is 32.2. The smallest absolute Gasteiger partial charge is 0.211 e. The summed E-state index contributed by atoms with van der Waals surface area (Å²) in [6.45, 7) is 3.33. The van der Waals surface area contributed by atoms with Crippen LogP contribution < -0.4 is 9.44 Å². The Morgan fingerprint density at radius 3 is 1.26 bits per heavy atom. The number of sulfone groups is 1. The predicted octanol–water partition coefficient (Wildman–Crippen LogP) is -0.160. The van der Waals surface area contributed by atoms with E-state index < -0.39 is 29.9 Å². The molecule has 0 atom stereocenters. The maximum absolute atomic E-state index is 11.8. The second kappa shape index (κ2) is 10.6. The molecule has 0 fully saturated rings. The minimum Gasteiger partial charge on any atom is -0.229 e. The fourth-order valence-corrected chi connectivity index (χ4v) is 5.36. The normalized spacial score (nSPS) is 13.3. The Kier molecular flexibility index (Phi) is 10.5. The fraction of sp³-hybridized carbons (Fsp3) is 1.00. The third-order valence-corrected chi connectivity index (χ3v) is 7.60. The summed E-state index contributed by atoms with van der Waals surface area (Å²) >= 11 is 0. The largest absolute Gasteiger partial charge is 0.229 e. The number of rotatable bonds is 14. The fourth-order valence-electron chi connectivity index (χ4n) is 1.62. The Balaban J connectivity index is 4.16. The van der Waals surface area contributed by atoms with Crippen molar-refractivity contribution in [2.24, 2.45) is 0 Å². The lowest BCUT2D eigenvalue weighted by molar-refractivity contribution is 0.577. The van der Waals surface area contributed by atoms with Gasteiger partial charge in [-0.2, -0.15) is 0 Å². The zero-order chi connectivity index (χ0) is 18.0. The van der Waals surface area contributed by atoms with Gasteiger partial charge in [0.25, 0.3) is 0 Å². The average molecular weight is 393 g/mol. The maximum Gasteiger partial charge on any atom is 0.211 e. The second-order valence-electron chi connectivity index (χ2n) is 5.29. The second-order valence-corrected chi connectivity index (χ2v) is 11.4. The first-order chi connectivity index (χ1) is 10.5. The molecule has 0 saturated carbocycles. The molecule has 0 aliphatic heterocycles. The minimum atomic E-state index is -3.52. The van der Waals surface area contributed by atoms with Crippen molar-refractivity contribution in [1.82, 2.24) is 9.44 Å². The first-order valence-corrected chi connectivity index (χ1v) is 12.8. The number of unbranched alkanes of at least 4 members (excludes halogenated alkanes) is 2. The van der Waals surface area contributed by atoms with E-state index in [1.165, 1.54) is 0 Å². The van der Waals surface area contributed by atoms with Gasteiger partial charge in [-0.3, -0.25) is 0 Å². The van der Waals surface area contributed by atoms with Crippen LogP contribution in [0.1, 0.15) is 39.5 Å². The van der Waals surface area contributed by atoms with E-state index in [0.717, 1.165) is 12.8 Å². The zero-order valence-corrected chi connectivity index (χ0v) is 16.2. The van der Waals surface area contributed by atoms with Gasteiger partial charge >= 0.3 is 0 Å². The third kappa shape index (κ3) is 12.8. The van der Waals surface area contributed by atoms with E-state index in [4.69, 9.17) is 0 Å². The molecule has 0 saturated heterocycles. The van der Waals surface area contributed by atoms with E-state index >= 15 is 0 Å². The van der Waals surface area contributed by atoms with Crippen molar-refractivity contribution in [3.05, 3.63) is 0 Å². The Hall–Kier alpha value is -0.230. The van der Waals surface area contributed by atoms with Crippen LogP contribution in [0, 0.1) is 0 Å². The summed E-state index contributed by atoms with van der Waals surface area (Å²) in [5, 5.41) is 0. The topological polar surface area (TPSA) is 126 Å². The Bertz CT molecular complexity index is 576. The molecule has 0 amide bonds. The van der Waals surface area contributed by atoms with Crippen LogP contribution in [0.5, 0.6) is 0 Å². The lowest BCUT2D eigenvalue weighted by Gasteiger charge is -2.08. The van der Waals surface area contributed by atoms with E-state index in [1.54, 1.807) is 0 Å². The summed E-state index contributed by atoms with van der Waals surface area (Å²) < 4.78 is 74.1. The molecule has 0 aliphatic rings. The first kappa shape index (κ1) is 22.8. The van der Waals surface area contributed by atoms with Gasteiger partial charge in [0, 0.05) is 13.1 Å². The highest BCUT2D eigenvalue weighted by Crippen LogP contribution is 1.96. The standard InChI is InChI=1S/C12H28N2O6S3/c1-3-5-9-22(17,18)13-7-11-21(15,16)12-8-14-23(19,20)10-6-4-2/h13-14H,3-12H2,1-2H3. The highest BCUT2D eigenvalue weighted by molar-refractivity contribution is 7.92. The summed E-state index contributed by atoms with van der Waals surface area (Å²) in [5.41, 5.74) is 0. The van der Waals surface area contributed by atoms with Crippen molar-refractivity contribution >= 4 is 29.9 Å². The molecule has 0 radical (unpaired) electrons. The van der Waals surface area contributed by atoms with Crippen LogP contribution in [0.3, 0.4) is 0 Å². The SMILES string of the molecule is CCCCS(=O)(=O)NCCS(=O)(=O)CCNS(=O)(=O)CCCC. The monoisotopic (exact) mass is 392 g/mol. The molecule has 2 N–H and O–H groups in total. The molecule has 11 heteroatoms. The van der Waals surface area contributed by atoms with E-state index in [2.05, 4.69) is 9.44 Å². The lowest BCUT2D eigenvalue weighted by Crippen LogP contribution is -2.35. The van der Waals surface area contributed by atoms with Crippen molar-refractivity contribution in [3.63, 3.8) is 0 Å². The van der Waals surface area contributed by atoms with Gasteiger partial charge in [0.2, 0.25) is 20.0 Å². The van der Waals surface area contributed by atoms with Crippen molar-refractivity contribution in [2.75, 3.05) is 36.1 Å². The maximum atomic E-state index is 11.8. The van der Waals surface area contributed by atoms with E-state index in [1.807, 2.05) is 13.8 Å². The number of sulfonamides is 2. The first-order valence-electron chi connectivity index (χ1n) is 7.68. The third-order valence-electron chi connectivity index (χ3n) is 3.00. The molecular formula is C12H28N2O6S3. The van der Waals surface area contributed by atoms with Gasteiger partial charge in [-0.05, 0) is 12.8 Å². The van der Waals surface area contributed by atoms with Crippen LogP contribution in [0.2, 0.25) is 0 Å². The Morgan fingerprint density at radius 1 is 0.609 bits per heavy atom. The van der Waals surface area contributed by atoms with E-state index in [-0.39, 0.29) is 36.1 Å². The zero-order valence-electron chi connectivity index (χ0n) is 13.7. The summed E-state index contributed by atoms with van der Waals surface area (Å²) in [5.74, 6) is -0.758. The average Bonchev–Trinajstić information content (AvgIpc) is 2.42. The van der Waals surface area contributed by atoms with Gasteiger partial charge in [0.05, 0.1) is 23.0 Å². The van der Waals surface area contributed by atoms with E-state index in [9.17, 15) is 25.3 Å². The van der Waals surface area contributed by atoms with Gasteiger partial charge < -0.3 is 0 Å². The molecule has 0 aromatic rings. The lowest BCUT2D eigenvalue weighted by atomic mass is 10.4. The van der Waals surface area contributed by atoms with Crippen molar-refractivity contribution in [1.29, 1.82) is 0 Å². The molecule has 8 nitrogen and oxygen atoms in total. The van der Waals surface area contributed by atoms with Gasteiger partial charge in [-0.1, -0.05) is 26.7 Å². The molecule has 0 heterocycles. The van der Waals surface area contributed by atoms with Crippen molar-refractivity contribution < 1.29 is 25.3 Å². The van der Waals surface area contributed by atoms with Gasteiger partial charge in [-0.25, -0.2) is 34.7 Å². The van der Waals surface area contributed by atoms with Gasteiger partial charge in [0.1, 0.15) is 0 Å². The van der Waals surface area contributed by atoms with Crippen LogP contribution in [0.4, 0.5) is 0 Å². The summed E-state index contributed by atoms with van der Waals surface area (Å²) in [6, 6.07) is 0. The summed E-state index contributed by atoms with van der Waals surface area (Å²) in [4.78, 5) is 0. The molecule has 0 unspecified atom stereocenters. The van der Waals surface area contributed by atoms with E-state index in [0.29, 0.717) is 12.8 Å². The molecule has 0 aromatic heterocycles. The molecular weight excluding hydrogens is 364 g/mol. The van der Waals surface area contributed by atoms with Crippen molar-refractivity contribution in [3.8, 4) is 0 Å². The molecule has 0 aliphatic carbocycles. The summed E-state index contributed by atoms with van der Waals surface area (Å²) in [6.07, 6.45) is 2.50. The Morgan fingerprint density at radius 2 is 0.957 bits per heavy atom. The number of hydrogen-bond acceptors (Lipinski definition) is 6. The number of nitrogens with one attached hydrogen (secondary N) is 2.